The molecule has 1 N–H and O–H groups in total. The number of hydrogen-bond donors (Lipinski definition) is 1. The van der Waals surface area contributed by atoms with Crippen molar-refractivity contribution in [1.29, 1.82) is 0 Å². The fourth-order valence-electron chi connectivity index (χ4n) is 2.32. The molecule has 2 heteroatoms. The Labute approximate surface area is 73.0 Å². The van der Waals surface area contributed by atoms with E-state index >= 15 is 0 Å². The molecule has 0 aromatic rings. The van der Waals surface area contributed by atoms with Crippen molar-refractivity contribution in [1.82, 2.24) is 0 Å². The standard InChI is InChI=1S/C10H16O2/c11-9-4-6-10(12,7-5-9)8-2-1-3-8/h8,12H,1-7H2. The third kappa shape index (κ3) is 1.28. The minimum absolute atomic E-state index is 0.332. The van der Waals surface area contributed by atoms with Gasteiger partial charge in [-0.2, -0.15) is 0 Å². The average Bonchev–Trinajstić information content (AvgIpc) is 1.92. The molecule has 0 heterocycles. The van der Waals surface area contributed by atoms with Gasteiger partial charge in [0, 0.05) is 12.8 Å². The van der Waals surface area contributed by atoms with Gasteiger partial charge < -0.3 is 5.11 Å². The molecule has 0 aromatic carbocycles. The van der Waals surface area contributed by atoms with Gasteiger partial charge in [-0.3, -0.25) is 4.79 Å². The lowest BCUT2D eigenvalue weighted by Crippen LogP contribution is -2.44. The summed E-state index contributed by atoms with van der Waals surface area (Å²) in [5.74, 6) is 0.838. The van der Waals surface area contributed by atoms with Crippen molar-refractivity contribution in [2.75, 3.05) is 0 Å². The molecule has 2 nitrogen and oxygen atoms in total. The molecule has 0 saturated heterocycles. The van der Waals surface area contributed by atoms with Crippen LogP contribution in [0.25, 0.3) is 0 Å². The minimum Gasteiger partial charge on any atom is -0.390 e. The van der Waals surface area contributed by atoms with Gasteiger partial charge in [-0.25, -0.2) is 0 Å². The molecule has 0 unspecified atom stereocenters. The summed E-state index contributed by atoms with van der Waals surface area (Å²) >= 11 is 0. The van der Waals surface area contributed by atoms with Crippen LogP contribution in [-0.2, 0) is 4.79 Å². The summed E-state index contributed by atoms with van der Waals surface area (Å²) in [4.78, 5) is 11.0. The van der Waals surface area contributed by atoms with Crippen molar-refractivity contribution in [2.24, 2.45) is 5.92 Å². The summed E-state index contributed by atoms with van der Waals surface area (Å²) in [6, 6.07) is 0. The van der Waals surface area contributed by atoms with Crippen LogP contribution in [0.2, 0.25) is 0 Å². The smallest absolute Gasteiger partial charge is 0.133 e. The molecule has 2 rings (SSSR count). The molecule has 0 atom stereocenters. The van der Waals surface area contributed by atoms with E-state index in [1.807, 2.05) is 0 Å². The summed E-state index contributed by atoms with van der Waals surface area (Å²) in [5.41, 5.74) is -0.466. The summed E-state index contributed by atoms with van der Waals surface area (Å²) < 4.78 is 0. The van der Waals surface area contributed by atoms with Gasteiger partial charge in [-0.1, -0.05) is 6.42 Å². The number of carbonyl (C=O) groups excluding carboxylic acids is 1. The number of rotatable bonds is 1. The van der Waals surface area contributed by atoms with Crippen LogP contribution in [0.4, 0.5) is 0 Å². The zero-order valence-electron chi connectivity index (χ0n) is 7.38. The van der Waals surface area contributed by atoms with Gasteiger partial charge in [-0.15, -0.1) is 0 Å². The Morgan fingerprint density at radius 2 is 1.83 bits per heavy atom. The fraction of sp³-hybridized carbons (Fsp3) is 0.900. The Balaban J connectivity index is 1.96. The zero-order valence-corrected chi connectivity index (χ0v) is 7.38. The third-order valence-electron chi connectivity index (χ3n) is 3.54. The molecule has 0 radical (unpaired) electrons. The van der Waals surface area contributed by atoms with Gasteiger partial charge in [0.15, 0.2) is 0 Å². The highest BCUT2D eigenvalue weighted by molar-refractivity contribution is 5.79. The van der Waals surface area contributed by atoms with E-state index in [1.54, 1.807) is 0 Å². The van der Waals surface area contributed by atoms with E-state index < -0.39 is 5.60 Å². The van der Waals surface area contributed by atoms with E-state index in [-0.39, 0.29) is 0 Å². The molecule has 2 aliphatic carbocycles. The van der Waals surface area contributed by atoms with E-state index in [2.05, 4.69) is 0 Å². The fourth-order valence-corrected chi connectivity index (χ4v) is 2.32. The van der Waals surface area contributed by atoms with Crippen LogP contribution in [0.3, 0.4) is 0 Å². The Hall–Kier alpha value is -0.370. The van der Waals surface area contributed by atoms with Crippen molar-refractivity contribution < 1.29 is 9.90 Å². The predicted molar refractivity (Wildman–Crippen MR) is 45.8 cm³/mol. The largest absolute Gasteiger partial charge is 0.390 e. The Bertz CT molecular complexity index is 184. The molecule has 0 amide bonds. The van der Waals surface area contributed by atoms with Crippen molar-refractivity contribution in [3.63, 3.8) is 0 Å². The molecule has 0 bridgehead atoms. The molecule has 0 spiro atoms. The number of Topliss-reactive ketones (excluding diaryl/α,β-unsaturated/α-hetero) is 1. The Kier molecular flexibility index (Phi) is 1.95. The zero-order chi connectivity index (χ0) is 8.60. The maximum Gasteiger partial charge on any atom is 0.133 e. The first-order valence-corrected chi connectivity index (χ1v) is 4.95. The Morgan fingerprint density at radius 3 is 2.25 bits per heavy atom. The topological polar surface area (TPSA) is 37.3 Å². The number of aliphatic hydroxyl groups is 1. The van der Waals surface area contributed by atoms with Crippen LogP contribution < -0.4 is 0 Å². The van der Waals surface area contributed by atoms with Gasteiger partial charge >= 0.3 is 0 Å². The maximum atomic E-state index is 11.0. The van der Waals surface area contributed by atoms with Gasteiger partial charge in [0.2, 0.25) is 0 Å². The Morgan fingerprint density at radius 1 is 1.25 bits per heavy atom. The van der Waals surface area contributed by atoms with Gasteiger partial charge in [0.05, 0.1) is 5.60 Å². The van der Waals surface area contributed by atoms with E-state index in [0.717, 1.165) is 12.8 Å². The first kappa shape index (κ1) is 8.24. The van der Waals surface area contributed by atoms with Crippen molar-refractivity contribution in [3.05, 3.63) is 0 Å². The van der Waals surface area contributed by atoms with Crippen LogP contribution in [0.1, 0.15) is 44.9 Å². The number of ketones is 1. The van der Waals surface area contributed by atoms with Crippen LogP contribution in [0, 0.1) is 5.92 Å². The lowest BCUT2D eigenvalue weighted by molar-refractivity contribution is -0.131. The van der Waals surface area contributed by atoms with Gasteiger partial charge in [0.25, 0.3) is 0 Å². The summed E-state index contributed by atoms with van der Waals surface area (Å²) in [5, 5.41) is 10.2. The number of carbonyl (C=O) groups is 1. The SMILES string of the molecule is O=C1CCC(O)(C2CCC2)CC1. The highest BCUT2D eigenvalue weighted by atomic mass is 16.3. The second kappa shape index (κ2) is 2.84. The van der Waals surface area contributed by atoms with E-state index in [9.17, 15) is 9.90 Å². The quantitative estimate of drug-likeness (QED) is 0.646. The average molecular weight is 168 g/mol. The van der Waals surface area contributed by atoms with Crippen LogP contribution in [0.5, 0.6) is 0 Å². The molecule has 2 saturated carbocycles. The molecule has 68 valence electrons. The highest BCUT2D eigenvalue weighted by Gasteiger charge is 2.42. The molecule has 0 aromatic heterocycles. The first-order chi connectivity index (χ1) is 5.71. The van der Waals surface area contributed by atoms with E-state index in [1.165, 1.54) is 19.3 Å². The predicted octanol–water partition coefficient (Wildman–Crippen LogP) is 1.66. The normalized spacial score (nSPS) is 29.9. The molecule has 2 aliphatic rings. The highest BCUT2D eigenvalue weighted by Crippen LogP contribution is 2.43. The molecular weight excluding hydrogens is 152 g/mol. The van der Waals surface area contributed by atoms with Crippen molar-refractivity contribution >= 4 is 5.78 Å². The van der Waals surface area contributed by atoms with E-state index in [0.29, 0.717) is 24.5 Å². The summed E-state index contributed by atoms with van der Waals surface area (Å²) in [6.07, 6.45) is 6.25. The monoisotopic (exact) mass is 168 g/mol. The van der Waals surface area contributed by atoms with Crippen molar-refractivity contribution in [3.8, 4) is 0 Å². The molecular formula is C10H16O2. The summed E-state index contributed by atoms with van der Waals surface area (Å²) in [7, 11) is 0. The summed E-state index contributed by atoms with van der Waals surface area (Å²) in [6.45, 7) is 0. The molecule has 2 fully saturated rings. The van der Waals surface area contributed by atoms with Gasteiger partial charge in [-0.05, 0) is 31.6 Å². The second-order valence-corrected chi connectivity index (χ2v) is 4.27. The van der Waals surface area contributed by atoms with E-state index in [4.69, 9.17) is 0 Å². The van der Waals surface area contributed by atoms with Crippen LogP contribution in [0.15, 0.2) is 0 Å². The molecule has 0 aliphatic heterocycles. The number of hydrogen-bond acceptors (Lipinski definition) is 2. The first-order valence-electron chi connectivity index (χ1n) is 4.95. The lowest BCUT2D eigenvalue weighted by Gasteiger charge is -2.43. The minimum atomic E-state index is -0.466. The lowest BCUT2D eigenvalue weighted by atomic mass is 9.66. The third-order valence-corrected chi connectivity index (χ3v) is 3.54. The van der Waals surface area contributed by atoms with Crippen molar-refractivity contribution in [2.45, 2.75) is 50.5 Å². The second-order valence-electron chi connectivity index (χ2n) is 4.27. The van der Waals surface area contributed by atoms with Gasteiger partial charge in [0.1, 0.15) is 5.78 Å². The van der Waals surface area contributed by atoms with Crippen LogP contribution in [-0.4, -0.2) is 16.5 Å². The van der Waals surface area contributed by atoms with Crippen LogP contribution >= 0.6 is 0 Å². The molecule has 12 heavy (non-hydrogen) atoms. The maximum absolute atomic E-state index is 11.0.